The average Bonchev–Trinajstić information content (AvgIpc) is 3.07. The van der Waals surface area contributed by atoms with Crippen molar-refractivity contribution in [3.63, 3.8) is 0 Å². The summed E-state index contributed by atoms with van der Waals surface area (Å²) in [5.74, 6) is -1.18. The molecule has 3 rings (SSSR count). The predicted molar refractivity (Wildman–Crippen MR) is 108 cm³/mol. The molecule has 0 radical (unpaired) electrons. The van der Waals surface area contributed by atoms with Gasteiger partial charge in [0.05, 0.1) is 17.8 Å². The molecule has 2 atom stereocenters. The Morgan fingerprint density at radius 1 is 1.38 bits per heavy atom. The number of amides is 3. The molecule has 2 heterocycles. The third-order valence-corrected chi connectivity index (χ3v) is 6.09. The van der Waals surface area contributed by atoms with Crippen molar-refractivity contribution in [2.75, 3.05) is 25.0 Å². The summed E-state index contributed by atoms with van der Waals surface area (Å²) in [5, 5.41) is 11.5. The quantitative estimate of drug-likeness (QED) is 0.296. The zero-order chi connectivity index (χ0) is 21.2. The molecule has 29 heavy (non-hydrogen) atoms. The van der Waals surface area contributed by atoms with E-state index in [2.05, 4.69) is 15.6 Å². The number of carbonyl (C=O) groups excluding carboxylic acids is 3. The first-order chi connectivity index (χ1) is 13.7. The van der Waals surface area contributed by atoms with E-state index in [1.54, 1.807) is 11.0 Å². The number of alkyl halides is 2. The van der Waals surface area contributed by atoms with Crippen molar-refractivity contribution in [1.29, 1.82) is 0 Å². The summed E-state index contributed by atoms with van der Waals surface area (Å²) in [6, 6.07) is 1.06. The summed E-state index contributed by atoms with van der Waals surface area (Å²) in [4.78, 5) is 42.0. The maximum Gasteiger partial charge on any atom is 0.313 e. The summed E-state index contributed by atoms with van der Waals surface area (Å²) in [6.07, 6.45) is 4.88. The van der Waals surface area contributed by atoms with Crippen LogP contribution >= 0.6 is 23.2 Å². The number of aromatic nitrogens is 1. The minimum Gasteiger partial charge on any atom is -0.375 e. The molecule has 156 valence electrons. The Kier molecular flexibility index (Phi) is 6.28. The van der Waals surface area contributed by atoms with Crippen LogP contribution in [-0.2, 0) is 14.4 Å². The normalized spacial score (nSPS) is 22.1. The molecular formula is C18H23Cl2N6O3+. The number of nitrogens with two attached hydrogens (primary N) is 2. The van der Waals surface area contributed by atoms with Crippen molar-refractivity contribution >= 4 is 52.3 Å². The summed E-state index contributed by atoms with van der Waals surface area (Å²) >= 11 is 12.0. The molecule has 0 aromatic carbocycles. The molecule has 1 saturated heterocycles. The maximum atomic E-state index is 12.7. The van der Waals surface area contributed by atoms with Gasteiger partial charge in [0.15, 0.2) is 0 Å². The molecule has 3 amide bonds. The Labute approximate surface area is 177 Å². The number of nitrogens with zero attached hydrogens (tertiary/aromatic N) is 2. The van der Waals surface area contributed by atoms with Crippen molar-refractivity contribution in [3.8, 4) is 0 Å². The lowest BCUT2D eigenvalue weighted by molar-refractivity contribution is -0.137. The Morgan fingerprint density at radius 2 is 2.10 bits per heavy atom. The lowest BCUT2D eigenvalue weighted by Crippen LogP contribution is -2.49. The number of nitrogens with one attached hydrogen (secondary N) is 2. The molecule has 1 saturated carbocycles. The Hall–Kier alpha value is -2.39. The maximum absolute atomic E-state index is 12.7. The largest absolute Gasteiger partial charge is 0.375 e. The molecule has 1 aliphatic carbocycles. The predicted octanol–water partition coefficient (Wildman–Crippen LogP) is -1.17. The van der Waals surface area contributed by atoms with Crippen LogP contribution in [0.4, 0.5) is 5.69 Å². The van der Waals surface area contributed by atoms with Crippen molar-refractivity contribution in [2.45, 2.75) is 29.6 Å². The van der Waals surface area contributed by atoms with Crippen LogP contribution < -0.4 is 21.8 Å². The van der Waals surface area contributed by atoms with Crippen LogP contribution in [0.2, 0.25) is 0 Å². The van der Waals surface area contributed by atoms with E-state index in [0.717, 1.165) is 6.42 Å². The number of hydrogen-bond donors (Lipinski definition) is 4. The van der Waals surface area contributed by atoms with Crippen LogP contribution in [-0.4, -0.2) is 63.3 Å². The molecule has 2 aliphatic rings. The van der Waals surface area contributed by atoms with Gasteiger partial charge in [-0.05, 0) is 25.3 Å². The van der Waals surface area contributed by atoms with Gasteiger partial charge in [0.1, 0.15) is 10.4 Å². The number of hydrogen-bond acceptors (Lipinski definition) is 5. The highest BCUT2D eigenvalue weighted by molar-refractivity contribution is 6.50. The van der Waals surface area contributed by atoms with Crippen molar-refractivity contribution in [3.05, 3.63) is 24.0 Å². The van der Waals surface area contributed by atoms with E-state index in [1.807, 2.05) is 0 Å². The molecule has 6 N–H and O–H groups in total. The molecule has 1 aromatic heterocycles. The molecule has 1 aromatic rings. The fourth-order valence-corrected chi connectivity index (χ4v) is 3.87. The molecule has 1 aliphatic heterocycles. The van der Waals surface area contributed by atoms with Gasteiger partial charge in [-0.15, -0.1) is 23.2 Å². The summed E-state index contributed by atoms with van der Waals surface area (Å²) in [7, 11) is 0. The molecule has 2 fully saturated rings. The molecule has 9 nitrogen and oxygen atoms in total. The van der Waals surface area contributed by atoms with Crippen molar-refractivity contribution < 1.29 is 19.8 Å². The van der Waals surface area contributed by atoms with Gasteiger partial charge in [-0.25, -0.2) is 5.41 Å². The van der Waals surface area contributed by atoms with Crippen LogP contribution in [0.25, 0.3) is 0 Å². The number of primary amides is 1. The number of anilines is 1. The number of likely N-dealkylation sites (tertiary alicyclic amines) is 1. The molecular weight excluding hydrogens is 419 g/mol. The molecule has 0 unspecified atom stereocenters. The second-order valence-corrected chi connectivity index (χ2v) is 8.75. The summed E-state index contributed by atoms with van der Waals surface area (Å²) in [5.41, 5.74) is 5.85. The van der Waals surface area contributed by atoms with Gasteiger partial charge in [0.2, 0.25) is 11.8 Å². The topological polar surface area (TPSA) is 143 Å². The molecule has 11 heteroatoms. The first-order valence-electron chi connectivity index (χ1n) is 9.26. The minimum absolute atomic E-state index is 0.0408. The van der Waals surface area contributed by atoms with Gasteiger partial charge in [-0.3, -0.25) is 19.4 Å². The highest BCUT2D eigenvalue weighted by Gasteiger charge is 2.51. The zero-order valence-electron chi connectivity index (χ0n) is 15.7. The van der Waals surface area contributed by atoms with Crippen molar-refractivity contribution in [2.24, 2.45) is 11.7 Å². The van der Waals surface area contributed by atoms with E-state index < -0.39 is 16.3 Å². The van der Waals surface area contributed by atoms with E-state index in [0.29, 0.717) is 37.2 Å². The van der Waals surface area contributed by atoms with Crippen LogP contribution in [0, 0.1) is 5.92 Å². The third-order valence-electron chi connectivity index (χ3n) is 5.16. The van der Waals surface area contributed by atoms with Crippen LogP contribution in [0.3, 0.4) is 0 Å². The van der Waals surface area contributed by atoms with Gasteiger partial charge >= 0.3 is 5.91 Å². The SMILES string of the molecule is NC(=O)C(=[NH2+])c1cnccc1NCC(=O)N1CCC[C@H]1C(=O)NC[C@H]1CC1(Cl)Cl. The minimum atomic E-state index is -0.780. The smallest absolute Gasteiger partial charge is 0.313 e. The van der Waals surface area contributed by atoms with Gasteiger partial charge in [-0.1, -0.05) is 0 Å². The molecule has 0 spiro atoms. The third kappa shape index (κ3) is 4.97. The number of rotatable bonds is 8. The average molecular weight is 442 g/mol. The Bertz CT molecular complexity index is 847. The molecule has 0 bridgehead atoms. The fraction of sp³-hybridized carbons (Fsp3) is 0.500. The van der Waals surface area contributed by atoms with E-state index in [9.17, 15) is 14.4 Å². The number of pyridine rings is 1. The second-order valence-electron chi connectivity index (χ2n) is 7.21. The number of halogens is 2. The highest BCUT2D eigenvalue weighted by atomic mass is 35.5. The van der Waals surface area contributed by atoms with E-state index in [-0.39, 0.29) is 30.0 Å². The zero-order valence-corrected chi connectivity index (χ0v) is 17.2. The van der Waals surface area contributed by atoms with Crippen molar-refractivity contribution in [1.82, 2.24) is 15.2 Å². The van der Waals surface area contributed by atoms with Gasteiger partial charge in [0.25, 0.3) is 5.71 Å². The monoisotopic (exact) mass is 441 g/mol. The second kappa shape index (κ2) is 8.54. The van der Waals surface area contributed by atoms with Crippen LogP contribution in [0.15, 0.2) is 18.5 Å². The lowest BCUT2D eigenvalue weighted by atomic mass is 10.1. The summed E-state index contributed by atoms with van der Waals surface area (Å²) < 4.78 is -0.756. The summed E-state index contributed by atoms with van der Waals surface area (Å²) in [6.45, 7) is 0.822. The first kappa shape index (κ1) is 21.3. The Morgan fingerprint density at radius 3 is 2.76 bits per heavy atom. The number of carbonyl (C=O) groups is 3. The van der Waals surface area contributed by atoms with E-state index in [1.165, 1.54) is 12.4 Å². The van der Waals surface area contributed by atoms with Gasteiger partial charge in [-0.2, -0.15) is 0 Å². The van der Waals surface area contributed by atoms with E-state index >= 15 is 0 Å². The van der Waals surface area contributed by atoms with Gasteiger partial charge < -0.3 is 21.3 Å². The Balaban J connectivity index is 1.57. The van der Waals surface area contributed by atoms with Crippen LogP contribution in [0.5, 0.6) is 0 Å². The fourth-order valence-electron chi connectivity index (χ4n) is 3.34. The first-order valence-corrected chi connectivity index (χ1v) is 10.0. The highest BCUT2D eigenvalue weighted by Crippen LogP contribution is 2.52. The van der Waals surface area contributed by atoms with Gasteiger partial charge in [0, 0.05) is 31.4 Å². The standard InChI is InChI=1S/C18H22Cl2N6O3/c19-18(20)6-10(18)7-25-17(29)13-2-1-5-26(13)14(27)9-24-12-3-4-23-8-11(12)15(21)16(22)28/h3-4,8,10,13,21H,1-2,5-7,9H2,(H2,22,28)(H,23,24)(H,25,29)/p+1/t10-,13+/m1/s1. The lowest BCUT2D eigenvalue weighted by Gasteiger charge is -2.24. The van der Waals surface area contributed by atoms with E-state index in [4.69, 9.17) is 34.3 Å². The van der Waals surface area contributed by atoms with Crippen LogP contribution in [0.1, 0.15) is 24.8 Å².